The van der Waals surface area contributed by atoms with Crippen molar-refractivity contribution in [2.45, 2.75) is 25.3 Å². The van der Waals surface area contributed by atoms with Gasteiger partial charge in [-0.25, -0.2) is 8.42 Å². The Hall–Kier alpha value is -3.87. The first kappa shape index (κ1) is 26.2. The Morgan fingerprint density at radius 3 is 2.59 bits per heavy atom. The van der Waals surface area contributed by atoms with Crippen LogP contribution in [0.1, 0.15) is 22.8 Å². The summed E-state index contributed by atoms with van der Waals surface area (Å²) in [7, 11) is -3.84. The van der Waals surface area contributed by atoms with Crippen LogP contribution in [0.4, 0.5) is 11.4 Å². The quantitative estimate of drug-likeness (QED) is 0.189. The summed E-state index contributed by atoms with van der Waals surface area (Å²) in [5.74, 6) is -0.581. The van der Waals surface area contributed by atoms with Gasteiger partial charge in [0.05, 0.1) is 26.6 Å². The number of amides is 1. The van der Waals surface area contributed by atoms with Gasteiger partial charge in [0.15, 0.2) is 4.80 Å². The maximum absolute atomic E-state index is 13.1. The van der Waals surface area contributed by atoms with Crippen LogP contribution in [-0.4, -0.2) is 37.0 Å². The molecule has 4 aromatic rings. The molecule has 0 bridgehead atoms. The molecular weight excluding hydrogens is 516 g/mol. The summed E-state index contributed by atoms with van der Waals surface area (Å²) in [6.07, 6.45) is 0. The van der Waals surface area contributed by atoms with Gasteiger partial charge in [-0.3, -0.25) is 19.6 Å². The number of aryl methyl sites for hydroxylation is 1. The summed E-state index contributed by atoms with van der Waals surface area (Å²) in [6, 6.07) is 17.0. The monoisotopic (exact) mass is 540 g/mol. The lowest BCUT2D eigenvalue weighted by molar-refractivity contribution is -0.384. The third-order valence-electron chi connectivity index (χ3n) is 5.43. The number of hydrogen-bond acceptors (Lipinski definition) is 7. The Balaban J connectivity index is 1.67. The van der Waals surface area contributed by atoms with Crippen molar-refractivity contribution in [3.05, 3.63) is 92.8 Å². The standard InChI is InChI=1S/C25H24N4O6S2/c1-3-35-14-13-28-22-12-9-20(29(31)32)16-23(22)36-25(28)26-24(30)18-5-4-6-19(15-18)27-37(33,34)21-10-7-17(2)8-11-21/h4-12,15-16,27H,3,13-14H2,1-2H3. The molecule has 1 N–H and O–H groups in total. The minimum absolute atomic E-state index is 0.0582. The van der Waals surface area contributed by atoms with Crippen LogP contribution >= 0.6 is 11.3 Å². The Kier molecular flexibility index (Phi) is 7.81. The van der Waals surface area contributed by atoms with Crippen LogP contribution < -0.4 is 9.52 Å². The largest absolute Gasteiger partial charge is 0.380 e. The number of anilines is 1. The lowest BCUT2D eigenvalue weighted by atomic mass is 10.2. The summed E-state index contributed by atoms with van der Waals surface area (Å²) < 4.78 is 35.8. The van der Waals surface area contributed by atoms with E-state index in [0.717, 1.165) is 16.9 Å². The fourth-order valence-corrected chi connectivity index (χ4v) is 5.71. The summed E-state index contributed by atoms with van der Waals surface area (Å²) >= 11 is 1.15. The molecule has 0 fully saturated rings. The number of carbonyl (C=O) groups is 1. The number of rotatable bonds is 9. The van der Waals surface area contributed by atoms with Crippen molar-refractivity contribution in [2.24, 2.45) is 4.99 Å². The third kappa shape index (κ3) is 6.10. The van der Waals surface area contributed by atoms with Crippen LogP contribution in [0.25, 0.3) is 10.2 Å². The van der Waals surface area contributed by atoms with E-state index in [2.05, 4.69) is 9.71 Å². The van der Waals surface area contributed by atoms with Gasteiger partial charge in [-0.2, -0.15) is 4.99 Å². The number of nitrogens with zero attached hydrogens (tertiary/aromatic N) is 3. The zero-order chi connectivity index (χ0) is 26.6. The maximum Gasteiger partial charge on any atom is 0.279 e. The van der Waals surface area contributed by atoms with Crippen molar-refractivity contribution in [1.82, 2.24) is 4.57 Å². The third-order valence-corrected chi connectivity index (χ3v) is 7.87. The highest BCUT2D eigenvalue weighted by Crippen LogP contribution is 2.24. The van der Waals surface area contributed by atoms with Crippen LogP contribution in [0.5, 0.6) is 0 Å². The molecular formula is C25H24N4O6S2. The Labute approximate surface area is 217 Å². The molecule has 37 heavy (non-hydrogen) atoms. The summed E-state index contributed by atoms with van der Waals surface area (Å²) in [6.45, 7) is 5.02. The van der Waals surface area contributed by atoms with Crippen LogP contribution in [0.15, 0.2) is 76.6 Å². The van der Waals surface area contributed by atoms with Gasteiger partial charge in [-0.1, -0.05) is 35.1 Å². The van der Waals surface area contributed by atoms with E-state index in [0.29, 0.717) is 34.8 Å². The van der Waals surface area contributed by atoms with Gasteiger partial charge in [0.2, 0.25) is 0 Å². The lowest BCUT2D eigenvalue weighted by Gasteiger charge is -2.09. The Morgan fingerprint density at radius 1 is 1.14 bits per heavy atom. The highest BCUT2D eigenvalue weighted by atomic mass is 32.2. The molecule has 192 valence electrons. The fourth-order valence-electron chi connectivity index (χ4n) is 3.58. The zero-order valence-corrected chi connectivity index (χ0v) is 21.7. The Morgan fingerprint density at radius 2 is 1.89 bits per heavy atom. The summed E-state index contributed by atoms with van der Waals surface area (Å²) in [5, 5.41) is 11.2. The first-order chi connectivity index (χ1) is 17.7. The molecule has 1 amide bonds. The van der Waals surface area contributed by atoms with Crippen LogP contribution in [0, 0.1) is 17.0 Å². The number of hydrogen-bond donors (Lipinski definition) is 1. The van der Waals surface area contributed by atoms with Gasteiger partial charge in [0.25, 0.3) is 21.6 Å². The fraction of sp³-hybridized carbons (Fsp3) is 0.200. The number of benzene rings is 3. The average Bonchev–Trinajstić information content (AvgIpc) is 3.20. The molecule has 1 heterocycles. The average molecular weight is 541 g/mol. The predicted molar refractivity (Wildman–Crippen MR) is 141 cm³/mol. The van der Waals surface area contributed by atoms with E-state index in [1.54, 1.807) is 34.9 Å². The molecule has 12 heteroatoms. The van der Waals surface area contributed by atoms with E-state index in [4.69, 9.17) is 4.74 Å². The predicted octanol–water partition coefficient (Wildman–Crippen LogP) is 4.50. The first-order valence-corrected chi connectivity index (χ1v) is 13.6. The van der Waals surface area contributed by atoms with Gasteiger partial charge < -0.3 is 9.30 Å². The van der Waals surface area contributed by atoms with Gasteiger partial charge >= 0.3 is 0 Å². The molecule has 10 nitrogen and oxygen atoms in total. The molecule has 0 aliphatic heterocycles. The normalized spacial score (nSPS) is 12.1. The number of ether oxygens (including phenoxy) is 1. The van der Waals surface area contributed by atoms with Crippen molar-refractivity contribution < 1.29 is 22.9 Å². The molecule has 0 spiro atoms. The molecule has 0 unspecified atom stereocenters. The second-order valence-electron chi connectivity index (χ2n) is 8.06. The van der Waals surface area contributed by atoms with Gasteiger partial charge in [-0.05, 0) is 50.2 Å². The number of aromatic nitrogens is 1. The molecule has 0 saturated carbocycles. The second kappa shape index (κ2) is 11.0. The zero-order valence-electron chi connectivity index (χ0n) is 20.1. The van der Waals surface area contributed by atoms with Crippen molar-refractivity contribution in [2.75, 3.05) is 17.9 Å². The van der Waals surface area contributed by atoms with E-state index >= 15 is 0 Å². The summed E-state index contributed by atoms with van der Waals surface area (Å²) in [4.78, 5) is 28.5. The molecule has 3 aromatic carbocycles. The van der Waals surface area contributed by atoms with Crippen molar-refractivity contribution >= 4 is 48.9 Å². The number of sulfonamides is 1. The molecule has 0 radical (unpaired) electrons. The number of fused-ring (bicyclic) bond motifs is 1. The molecule has 4 rings (SSSR count). The summed E-state index contributed by atoms with van der Waals surface area (Å²) in [5.41, 5.74) is 1.97. The lowest BCUT2D eigenvalue weighted by Crippen LogP contribution is -2.20. The van der Waals surface area contributed by atoms with Crippen molar-refractivity contribution in [3.63, 3.8) is 0 Å². The number of nitrogens with one attached hydrogen (secondary N) is 1. The molecule has 0 aliphatic carbocycles. The molecule has 1 aromatic heterocycles. The SMILES string of the molecule is CCOCCn1c(=NC(=O)c2cccc(NS(=O)(=O)c3ccc(C)cc3)c2)sc2cc([N+](=O)[O-])ccc21. The van der Waals surface area contributed by atoms with Gasteiger partial charge in [0.1, 0.15) is 0 Å². The first-order valence-electron chi connectivity index (χ1n) is 11.3. The van der Waals surface area contributed by atoms with Crippen molar-refractivity contribution in [3.8, 4) is 0 Å². The molecule has 0 aliphatic rings. The molecule has 0 atom stereocenters. The van der Waals surface area contributed by atoms with E-state index in [1.807, 2.05) is 13.8 Å². The second-order valence-corrected chi connectivity index (χ2v) is 10.8. The topological polar surface area (TPSA) is 133 Å². The number of carbonyl (C=O) groups excluding carboxylic acids is 1. The van der Waals surface area contributed by atoms with E-state index in [1.165, 1.54) is 36.4 Å². The van der Waals surface area contributed by atoms with Gasteiger partial charge in [0, 0.05) is 36.5 Å². The van der Waals surface area contributed by atoms with E-state index in [9.17, 15) is 23.3 Å². The number of nitro groups is 1. The Bertz CT molecular complexity index is 1640. The number of nitro benzene ring substituents is 1. The van der Waals surface area contributed by atoms with Crippen LogP contribution in [0.2, 0.25) is 0 Å². The van der Waals surface area contributed by atoms with E-state index < -0.39 is 20.9 Å². The highest BCUT2D eigenvalue weighted by Gasteiger charge is 2.16. The van der Waals surface area contributed by atoms with Gasteiger partial charge in [-0.15, -0.1) is 0 Å². The van der Waals surface area contributed by atoms with Crippen molar-refractivity contribution in [1.29, 1.82) is 0 Å². The van der Waals surface area contributed by atoms with Crippen LogP contribution in [-0.2, 0) is 21.3 Å². The number of thiazole rings is 1. The smallest absolute Gasteiger partial charge is 0.279 e. The molecule has 0 saturated heterocycles. The number of non-ortho nitro benzene ring substituents is 1. The highest BCUT2D eigenvalue weighted by molar-refractivity contribution is 7.92. The minimum atomic E-state index is -3.84. The van der Waals surface area contributed by atoms with E-state index in [-0.39, 0.29) is 21.8 Å². The van der Waals surface area contributed by atoms with Crippen LogP contribution in [0.3, 0.4) is 0 Å². The minimum Gasteiger partial charge on any atom is -0.380 e. The maximum atomic E-state index is 13.1.